The third kappa shape index (κ3) is 2.92. The molecule has 0 aromatic heterocycles. The predicted molar refractivity (Wildman–Crippen MR) is 109 cm³/mol. The summed E-state index contributed by atoms with van der Waals surface area (Å²) in [7, 11) is 2.88. The molecule has 4 atom stereocenters. The summed E-state index contributed by atoms with van der Waals surface area (Å²) in [6, 6.07) is 10.1. The van der Waals surface area contributed by atoms with Gasteiger partial charge in [0.25, 0.3) is 0 Å². The molecule has 0 saturated carbocycles. The van der Waals surface area contributed by atoms with Crippen LogP contribution in [-0.2, 0) is 14.4 Å². The van der Waals surface area contributed by atoms with Gasteiger partial charge in [-0.3, -0.25) is 19.7 Å². The van der Waals surface area contributed by atoms with E-state index in [1.807, 2.05) is 0 Å². The Morgan fingerprint density at radius 2 is 1.81 bits per heavy atom. The van der Waals surface area contributed by atoms with Gasteiger partial charge in [0.2, 0.25) is 11.8 Å². The quantitative estimate of drug-likeness (QED) is 0.617. The summed E-state index contributed by atoms with van der Waals surface area (Å²) in [6.45, 7) is 1.38. The Kier molecular flexibility index (Phi) is 4.85. The Hall–Kier alpha value is -3.59. The molecule has 2 aromatic rings. The number of rotatable bonds is 5. The molecule has 0 spiro atoms. The van der Waals surface area contributed by atoms with E-state index in [0.717, 1.165) is 4.90 Å². The monoisotopic (exact) mass is 426 g/mol. The molecule has 9 nitrogen and oxygen atoms in total. The number of hydrogen-bond acceptors (Lipinski definition) is 7. The molecule has 162 valence electrons. The Morgan fingerprint density at radius 1 is 1.10 bits per heavy atom. The Morgan fingerprint density at radius 3 is 2.45 bits per heavy atom. The molecule has 2 amide bonds. The normalized spacial score (nSPS) is 27.3. The average Bonchev–Trinajstić information content (AvgIpc) is 3.22. The third-order valence-electron chi connectivity index (χ3n) is 6.13. The van der Waals surface area contributed by atoms with Gasteiger partial charge in [-0.15, -0.1) is 0 Å². The SMILES string of the molecule is COc1ccc(O)c([C@@H]2N[C@](C)(C(=O)O)[C@@H]3C(=O)N(c4ccccc4OC)C(=O)[C@@H]32)c1. The number of imide groups is 1. The highest BCUT2D eigenvalue weighted by Crippen LogP contribution is 2.52. The fourth-order valence-electron chi connectivity index (χ4n) is 4.56. The van der Waals surface area contributed by atoms with E-state index in [1.165, 1.54) is 33.3 Å². The van der Waals surface area contributed by atoms with Crippen molar-refractivity contribution < 1.29 is 34.1 Å². The second kappa shape index (κ2) is 7.28. The van der Waals surface area contributed by atoms with Gasteiger partial charge in [-0.25, -0.2) is 4.90 Å². The fourth-order valence-corrected chi connectivity index (χ4v) is 4.56. The maximum atomic E-state index is 13.5. The van der Waals surface area contributed by atoms with Crippen molar-refractivity contribution in [3.05, 3.63) is 48.0 Å². The molecule has 0 bridgehead atoms. The van der Waals surface area contributed by atoms with Crippen molar-refractivity contribution in [1.29, 1.82) is 0 Å². The number of amides is 2. The lowest BCUT2D eigenvalue weighted by atomic mass is 9.80. The number of carbonyl (C=O) groups is 3. The highest BCUT2D eigenvalue weighted by molar-refractivity contribution is 6.24. The number of aliphatic carboxylic acids is 1. The highest BCUT2D eigenvalue weighted by Gasteiger charge is 2.67. The Balaban J connectivity index is 1.87. The van der Waals surface area contributed by atoms with Crippen molar-refractivity contribution in [2.24, 2.45) is 11.8 Å². The van der Waals surface area contributed by atoms with Crippen LogP contribution >= 0.6 is 0 Å². The fraction of sp³-hybridized carbons (Fsp3) is 0.318. The number of benzene rings is 2. The number of methoxy groups -OCH3 is 2. The lowest BCUT2D eigenvalue weighted by molar-refractivity contribution is -0.147. The van der Waals surface area contributed by atoms with E-state index in [2.05, 4.69) is 5.32 Å². The van der Waals surface area contributed by atoms with E-state index in [0.29, 0.717) is 11.5 Å². The highest BCUT2D eigenvalue weighted by atomic mass is 16.5. The van der Waals surface area contributed by atoms with Gasteiger partial charge in [-0.2, -0.15) is 0 Å². The van der Waals surface area contributed by atoms with Crippen LogP contribution in [-0.4, -0.2) is 47.8 Å². The van der Waals surface area contributed by atoms with Crippen molar-refractivity contribution in [2.45, 2.75) is 18.5 Å². The van der Waals surface area contributed by atoms with Crippen LogP contribution in [0, 0.1) is 11.8 Å². The van der Waals surface area contributed by atoms with Gasteiger partial charge >= 0.3 is 5.97 Å². The maximum Gasteiger partial charge on any atom is 0.324 e. The molecule has 4 rings (SSSR count). The molecule has 2 saturated heterocycles. The molecular weight excluding hydrogens is 404 g/mol. The van der Waals surface area contributed by atoms with Crippen LogP contribution in [0.2, 0.25) is 0 Å². The molecule has 0 unspecified atom stereocenters. The summed E-state index contributed by atoms with van der Waals surface area (Å²) in [5.41, 5.74) is -1.20. The number of fused-ring (bicyclic) bond motifs is 1. The number of hydrogen-bond donors (Lipinski definition) is 3. The van der Waals surface area contributed by atoms with Crippen molar-refractivity contribution in [3.8, 4) is 17.2 Å². The summed E-state index contributed by atoms with van der Waals surface area (Å²) in [6.07, 6.45) is 0. The summed E-state index contributed by atoms with van der Waals surface area (Å²) in [5.74, 6) is -4.10. The molecule has 2 aliphatic heterocycles. The van der Waals surface area contributed by atoms with Gasteiger partial charge in [-0.05, 0) is 37.3 Å². The molecule has 9 heteroatoms. The minimum Gasteiger partial charge on any atom is -0.508 e. The van der Waals surface area contributed by atoms with Crippen molar-refractivity contribution in [2.75, 3.05) is 19.1 Å². The van der Waals surface area contributed by atoms with E-state index in [9.17, 15) is 24.6 Å². The van der Waals surface area contributed by atoms with E-state index in [1.54, 1.807) is 30.3 Å². The van der Waals surface area contributed by atoms with Crippen LogP contribution < -0.4 is 19.7 Å². The minimum atomic E-state index is -1.73. The topological polar surface area (TPSA) is 125 Å². The molecule has 2 aliphatic rings. The van der Waals surface area contributed by atoms with Crippen molar-refractivity contribution >= 4 is 23.5 Å². The third-order valence-corrected chi connectivity index (χ3v) is 6.13. The van der Waals surface area contributed by atoms with Crippen molar-refractivity contribution in [3.63, 3.8) is 0 Å². The molecule has 31 heavy (non-hydrogen) atoms. The molecular formula is C22H22N2O7. The van der Waals surface area contributed by atoms with Gasteiger partial charge in [0, 0.05) is 11.6 Å². The van der Waals surface area contributed by atoms with Crippen LogP contribution in [0.4, 0.5) is 5.69 Å². The first-order chi connectivity index (χ1) is 14.7. The summed E-state index contributed by atoms with van der Waals surface area (Å²) in [5, 5.41) is 23.3. The van der Waals surface area contributed by atoms with E-state index < -0.39 is 41.2 Å². The molecule has 0 aliphatic carbocycles. The van der Waals surface area contributed by atoms with Crippen LogP contribution in [0.25, 0.3) is 0 Å². The molecule has 2 aromatic carbocycles. The first-order valence-electron chi connectivity index (χ1n) is 9.63. The van der Waals surface area contributed by atoms with Crippen LogP contribution in [0.5, 0.6) is 17.2 Å². The number of carbonyl (C=O) groups excluding carboxylic acids is 2. The molecule has 0 radical (unpaired) electrons. The Labute approximate surface area is 178 Å². The number of para-hydroxylation sites is 2. The summed E-state index contributed by atoms with van der Waals surface area (Å²) < 4.78 is 10.5. The number of nitrogens with zero attached hydrogens (tertiary/aromatic N) is 1. The van der Waals surface area contributed by atoms with E-state index in [-0.39, 0.29) is 17.0 Å². The molecule has 2 heterocycles. The number of nitrogens with one attached hydrogen (secondary N) is 1. The van der Waals surface area contributed by atoms with Gasteiger partial charge in [0.05, 0.1) is 31.7 Å². The lowest BCUT2D eigenvalue weighted by Crippen LogP contribution is -2.53. The second-order valence-corrected chi connectivity index (χ2v) is 7.74. The molecule has 2 fully saturated rings. The van der Waals surface area contributed by atoms with Gasteiger partial charge in [-0.1, -0.05) is 12.1 Å². The van der Waals surface area contributed by atoms with Gasteiger partial charge < -0.3 is 19.7 Å². The van der Waals surface area contributed by atoms with Gasteiger partial charge in [0.15, 0.2) is 0 Å². The molecule has 3 N–H and O–H groups in total. The number of ether oxygens (including phenoxy) is 2. The summed E-state index contributed by atoms with van der Waals surface area (Å²) in [4.78, 5) is 40.2. The smallest absolute Gasteiger partial charge is 0.324 e. The van der Waals surface area contributed by atoms with E-state index in [4.69, 9.17) is 9.47 Å². The number of aromatic hydroxyl groups is 1. The zero-order valence-corrected chi connectivity index (χ0v) is 17.2. The number of carboxylic acids is 1. The first kappa shape index (κ1) is 20.7. The van der Waals surface area contributed by atoms with Crippen LogP contribution in [0.3, 0.4) is 0 Å². The number of carboxylic acid groups (broad SMARTS) is 1. The van der Waals surface area contributed by atoms with Gasteiger partial charge in [0.1, 0.15) is 22.8 Å². The van der Waals surface area contributed by atoms with Crippen LogP contribution in [0.1, 0.15) is 18.5 Å². The largest absolute Gasteiger partial charge is 0.508 e. The maximum absolute atomic E-state index is 13.5. The predicted octanol–water partition coefficient (Wildman–Crippen LogP) is 1.70. The minimum absolute atomic E-state index is 0.136. The van der Waals surface area contributed by atoms with E-state index >= 15 is 0 Å². The zero-order chi connectivity index (χ0) is 22.5. The average molecular weight is 426 g/mol. The second-order valence-electron chi connectivity index (χ2n) is 7.74. The van der Waals surface area contributed by atoms with Crippen LogP contribution in [0.15, 0.2) is 42.5 Å². The lowest BCUT2D eigenvalue weighted by Gasteiger charge is -2.28. The number of phenolic OH excluding ortho intramolecular Hbond substituents is 1. The standard InChI is InChI=1S/C22H22N2O7/c1-22(21(28)29)17-16(18(23-22)12-10-11(30-2)8-9-14(12)25)19(26)24(20(17)27)13-6-4-5-7-15(13)31-3/h4-10,16-18,23,25H,1-3H3,(H,28,29)/t16-,17-,18-,22-/m0/s1. The Bertz CT molecular complexity index is 1090. The first-order valence-corrected chi connectivity index (χ1v) is 9.63. The zero-order valence-electron chi connectivity index (χ0n) is 17.2. The number of anilines is 1. The number of phenols is 1. The summed E-state index contributed by atoms with van der Waals surface area (Å²) >= 11 is 0. The van der Waals surface area contributed by atoms with Crippen molar-refractivity contribution in [1.82, 2.24) is 5.32 Å².